The molecule has 8 heteroatoms. The standard InChI is InChI=1S/C22H22BrN5OS/c1-3-27-13-18(17-7-5-6-8-19(17)27)21-25-26-22(28(21)4-2)30-14-20(29)24-16-11-9-15(23)10-12-16/h5-13H,3-4,14H2,1-2H3,(H,24,29). The zero-order chi connectivity index (χ0) is 21.1. The van der Waals surface area contributed by atoms with E-state index in [4.69, 9.17) is 0 Å². The smallest absolute Gasteiger partial charge is 0.234 e. The maximum atomic E-state index is 12.4. The minimum absolute atomic E-state index is 0.0721. The first-order valence-corrected chi connectivity index (χ1v) is 11.6. The van der Waals surface area contributed by atoms with E-state index in [1.54, 1.807) is 0 Å². The Morgan fingerprint density at radius 2 is 1.83 bits per heavy atom. The number of rotatable bonds is 7. The highest BCUT2D eigenvalue weighted by molar-refractivity contribution is 9.10. The summed E-state index contributed by atoms with van der Waals surface area (Å²) in [6, 6.07) is 15.9. The third kappa shape index (κ3) is 4.15. The average molecular weight is 484 g/mol. The summed E-state index contributed by atoms with van der Waals surface area (Å²) in [4.78, 5) is 12.4. The van der Waals surface area contributed by atoms with Gasteiger partial charge in [0, 0.05) is 45.9 Å². The zero-order valence-corrected chi connectivity index (χ0v) is 19.2. The Kier molecular flexibility index (Phi) is 6.24. The number of anilines is 1. The van der Waals surface area contributed by atoms with Crippen LogP contribution in [0.2, 0.25) is 0 Å². The maximum absolute atomic E-state index is 12.4. The van der Waals surface area contributed by atoms with Gasteiger partial charge in [-0.3, -0.25) is 4.79 Å². The molecule has 4 rings (SSSR count). The van der Waals surface area contributed by atoms with Gasteiger partial charge in [-0.1, -0.05) is 45.9 Å². The van der Waals surface area contributed by atoms with Gasteiger partial charge in [-0.25, -0.2) is 0 Å². The zero-order valence-electron chi connectivity index (χ0n) is 16.8. The van der Waals surface area contributed by atoms with Gasteiger partial charge in [-0.15, -0.1) is 10.2 Å². The van der Waals surface area contributed by atoms with Crippen LogP contribution >= 0.6 is 27.7 Å². The Bertz CT molecular complexity index is 1180. The van der Waals surface area contributed by atoms with E-state index in [2.05, 4.69) is 72.8 Å². The fourth-order valence-corrected chi connectivity index (χ4v) is 4.49. The highest BCUT2D eigenvalue weighted by Crippen LogP contribution is 2.31. The van der Waals surface area contributed by atoms with Crippen LogP contribution in [0, 0.1) is 0 Å². The fourth-order valence-electron chi connectivity index (χ4n) is 3.43. The number of thioether (sulfide) groups is 1. The number of nitrogens with one attached hydrogen (secondary N) is 1. The van der Waals surface area contributed by atoms with Crippen molar-refractivity contribution in [1.29, 1.82) is 0 Å². The summed E-state index contributed by atoms with van der Waals surface area (Å²) in [6.45, 7) is 5.81. The third-order valence-corrected chi connectivity index (χ3v) is 6.36. The number of fused-ring (bicyclic) bond motifs is 1. The second-order valence-electron chi connectivity index (χ2n) is 6.74. The highest BCUT2D eigenvalue weighted by Gasteiger charge is 2.18. The van der Waals surface area contributed by atoms with Gasteiger partial charge < -0.3 is 14.5 Å². The SMILES string of the molecule is CCn1c(SCC(=O)Nc2ccc(Br)cc2)nnc1-c1cn(CC)c2ccccc12. The summed E-state index contributed by atoms with van der Waals surface area (Å²) in [5.74, 6) is 1.03. The van der Waals surface area contributed by atoms with Gasteiger partial charge in [0.2, 0.25) is 5.91 Å². The van der Waals surface area contributed by atoms with Crippen molar-refractivity contribution in [3.05, 3.63) is 59.2 Å². The van der Waals surface area contributed by atoms with Crippen LogP contribution in [-0.2, 0) is 17.9 Å². The van der Waals surface area contributed by atoms with Crippen molar-refractivity contribution in [3.8, 4) is 11.4 Å². The second-order valence-corrected chi connectivity index (χ2v) is 8.60. The van der Waals surface area contributed by atoms with Crippen molar-refractivity contribution < 1.29 is 4.79 Å². The number of nitrogens with zero attached hydrogens (tertiary/aromatic N) is 4. The molecule has 0 bridgehead atoms. The molecule has 2 heterocycles. The lowest BCUT2D eigenvalue weighted by Crippen LogP contribution is -2.14. The second kappa shape index (κ2) is 9.06. The summed E-state index contributed by atoms with van der Waals surface area (Å²) in [5, 5.41) is 13.7. The molecule has 0 atom stereocenters. The van der Waals surface area contributed by atoms with E-state index in [1.165, 1.54) is 17.3 Å². The Balaban J connectivity index is 1.54. The van der Waals surface area contributed by atoms with Crippen molar-refractivity contribution in [2.45, 2.75) is 32.1 Å². The molecule has 6 nitrogen and oxygen atoms in total. The molecule has 0 radical (unpaired) electrons. The van der Waals surface area contributed by atoms with Crippen LogP contribution in [0.3, 0.4) is 0 Å². The van der Waals surface area contributed by atoms with Crippen LogP contribution in [0.4, 0.5) is 5.69 Å². The van der Waals surface area contributed by atoms with E-state index >= 15 is 0 Å². The molecule has 2 aromatic carbocycles. The monoisotopic (exact) mass is 483 g/mol. The molecule has 0 aliphatic rings. The number of hydrogen-bond donors (Lipinski definition) is 1. The van der Waals surface area contributed by atoms with E-state index in [9.17, 15) is 4.79 Å². The summed E-state index contributed by atoms with van der Waals surface area (Å²) >= 11 is 4.79. The fraction of sp³-hybridized carbons (Fsp3) is 0.227. The van der Waals surface area contributed by atoms with Crippen molar-refractivity contribution >= 4 is 50.2 Å². The van der Waals surface area contributed by atoms with Crippen molar-refractivity contribution in [2.75, 3.05) is 11.1 Å². The molecule has 1 N–H and O–H groups in total. The molecular weight excluding hydrogens is 462 g/mol. The predicted molar refractivity (Wildman–Crippen MR) is 126 cm³/mol. The average Bonchev–Trinajstić information content (AvgIpc) is 3.34. The van der Waals surface area contributed by atoms with Gasteiger partial charge in [0.15, 0.2) is 11.0 Å². The molecule has 2 aromatic heterocycles. The highest BCUT2D eigenvalue weighted by atomic mass is 79.9. The number of para-hydroxylation sites is 1. The largest absolute Gasteiger partial charge is 0.347 e. The Morgan fingerprint density at radius 3 is 2.57 bits per heavy atom. The molecule has 4 aromatic rings. The number of amides is 1. The number of halogens is 1. The molecule has 154 valence electrons. The number of aryl methyl sites for hydroxylation is 1. The van der Waals surface area contributed by atoms with Crippen LogP contribution in [0.15, 0.2) is 64.4 Å². The number of aromatic nitrogens is 4. The lowest BCUT2D eigenvalue weighted by atomic mass is 10.1. The van der Waals surface area contributed by atoms with Gasteiger partial charge in [0.25, 0.3) is 0 Å². The summed E-state index contributed by atoms with van der Waals surface area (Å²) in [5.41, 5.74) is 3.02. The summed E-state index contributed by atoms with van der Waals surface area (Å²) in [7, 11) is 0. The molecule has 0 saturated heterocycles. The molecule has 0 spiro atoms. The first-order chi connectivity index (χ1) is 14.6. The van der Waals surface area contributed by atoms with Crippen LogP contribution in [0.5, 0.6) is 0 Å². The Morgan fingerprint density at radius 1 is 1.07 bits per heavy atom. The van der Waals surface area contributed by atoms with E-state index in [-0.39, 0.29) is 11.7 Å². The number of carbonyl (C=O) groups is 1. The molecule has 0 aliphatic heterocycles. The third-order valence-electron chi connectivity index (χ3n) is 4.86. The molecule has 0 aliphatic carbocycles. The quantitative estimate of drug-likeness (QED) is 0.355. The minimum atomic E-state index is -0.0721. The van der Waals surface area contributed by atoms with Gasteiger partial charge in [0.1, 0.15) is 0 Å². The van der Waals surface area contributed by atoms with E-state index in [0.29, 0.717) is 0 Å². The molecule has 0 fully saturated rings. The molecule has 1 amide bonds. The number of hydrogen-bond acceptors (Lipinski definition) is 4. The lowest BCUT2D eigenvalue weighted by Gasteiger charge is -2.07. The predicted octanol–water partition coefficient (Wildman–Crippen LogP) is 5.43. The first kappa shape index (κ1) is 20.7. The minimum Gasteiger partial charge on any atom is -0.347 e. The van der Waals surface area contributed by atoms with Crippen molar-refractivity contribution in [2.24, 2.45) is 0 Å². The van der Waals surface area contributed by atoms with Crippen molar-refractivity contribution in [3.63, 3.8) is 0 Å². The van der Waals surface area contributed by atoms with E-state index < -0.39 is 0 Å². The van der Waals surface area contributed by atoms with Gasteiger partial charge >= 0.3 is 0 Å². The van der Waals surface area contributed by atoms with E-state index in [1.807, 2.05) is 36.4 Å². The maximum Gasteiger partial charge on any atom is 0.234 e. The Labute approximate surface area is 187 Å². The number of benzene rings is 2. The topological polar surface area (TPSA) is 64.7 Å². The Hall–Kier alpha value is -2.58. The molecular formula is C22H22BrN5OS. The first-order valence-electron chi connectivity index (χ1n) is 9.80. The van der Waals surface area contributed by atoms with Crippen molar-refractivity contribution in [1.82, 2.24) is 19.3 Å². The van der Waals surface area contributed by atoms with Gasteiger partial charge in [0.05, 0.1) is 5.75 Å². The normalized spacial score (nSPS) is 11.2. The van der Waals surface area contributed by atoms with Crippen LogP contribution in [0.25, 0.3) is 22.3 Å². The lowest BCUT2D eigenvalue weighted by molar-refractivity contribution is -0.113. The van der Waals surface area contributed by atoms with Crippen LogP contribution in [-0.4, -0.2) is 31.0 Å². The van der Waals surface area contributed by atoms with Gasteiger partial charge in [-0.2, -0.15) is 0 Å². The molecule has 0 saturated carbocycles. The molecule has 0 unspecified atom stereocenters. The summed E-state index contributed by atoms with van der Waals surface area (Å²) in [6.07, 6.45) is 2.13. The molecule has 30 heavy (non-hydrogen) atoms. The summed E-state index contributed by atoms with van der Waals surface area (Å²) < 4.78 is 5.26. The van der Waals surface area contributed by atoms with Crippen LogP contribution < -0.4 is 5.32 Å². The van der Waals surface area contributed by atoms with Crippen LogP contribution in [0.1, 0.15) is 13.8 Å². The number of carbonyl (C=O) groups excluding carboxylic acids is 1. The van der Waals surface area contributed by atoms with Gasteiger partial charge in [-0.05, 0) is 44.2 Å². The van der Waals surface area contributed by atoms with E-state index in [0.717, 1.165) is 45.2 Å².